The van der Waals surface area contributed by atoms with Crippen molar-refractivity contribution in [3.63, 3.8) is 0 Å². The smallest absolute Gasteiger partial charge is 0.338 e. The number of rotatable bonds is 5. The molecule has 122 valence electrons. The second-order valence-electron chi connectivity index (χ2n) is 4.98. The molecule has 0 aromatic heterocycles. The molecule has 0 aliphatic carbocycles. The topological polar surface area (TPSA) is 105 Å². The summed E-state index contributed by atoms with van der Waals surface area (Å²) in [6.45, 7) is 1.99. The van der Waals surface area contributed by atoms with E-state index in [-0.39, 0.29) is 13.0 Å². The molecule has 1 aromatic carbocycles. The Morgan fingerprint density at radius 3 is 2.43 bits per heavy atom. The molecule has 1 aliphatic heterocycles. The molecule has 1 atom stereocenters. The van der Waals surface area contributed by atoms with Gasteiger partial charge in [-0.05, 0) is 31.2 Å². The molecule has 1 fully saturated rings. The second-order valence-corrected chi connectivity index (χ2v) is 4.98. The van der Waals surface area contributed by atoms with Gasteiger partial charge in [0.2, 0.25) is 5.91 Å². The highest BCUT2D eigenvalue weighted by Crippen LogP contribution is 2.16. The van der Waals surface area contributed by atoms with Crippen LogP contribution < -0.4 is 10.7 Å². The van der Waals surface area contributed by atoms with E-state index < -0.39 is 29.6 Å². The van der Waals surface area contributed by atoms with Crippen molar-refractivity contribution >= 4 is 29.4 Å². The number of hydrazine groups is 1. The normalized spacial score (nSPS) is 17.0. The van der Waals surface area contributed by atoms with E-state index in [1.54, 1.807) is 19.1 Å². The van der Waals surface area contributed by atoms with Gasteiger partial charge in [-0.15, -0.1) is 0 Å². The first-order chi connectivity index (χ1) is 10.9. The number of nitrogens with one attached hydrogen (secondary N) is 2. The number of esters is 1. The number of carbonyl (C=O) groups is 4. The van der Waals surface area contributed by atoms with Crippen molar-refractivity contribution in [3.05, 3.63) is 29.8 Å². The Bertz CT molecular complexity index is 641. The zero-order chi connectivity index (χ0) is 17.0. The van der Waals surface area contributed by atoms with Crippen LogP contribution in [-0.4, -0.2) is 42.4 Å². The van der Waals surface area contributed by atoms with Crippen molar-refractivity contribution in [1.29, 1.82) is 0 Å². The fraction of sp³-hybridized carbons (Fsp3) is 0.333. The molecule has 0 bridgehead atoms. The first-order valence-electron chi connectivity index (χ1n) is 7.07. The molecule has 0 spiro atoms. The number of nitrogens with zero attached hydrogens (tertiary/aromatic N) is 1. The molecule has 1 unspecified atom stereocenters. The Morgan fingerprint density at radius 1 is 1.26 bits per heavy atom. The molecule has 1 aliphatic rings. The van der Waals surface area contributed by atoms with E-state index in [0.717, 1.165) is 5.01 Å². The fourth-order valence-electron chi connectivity index (χ4n) is 2.13. The van der Waals surface area contributed by atoms with Gasteiger partial charge < -0.3 is 10.1 Å². The zero-order valence-electron chi connectivity index (χ0n) is 12.8. The van der Waals surface area contributed by atoms with Gasteiger partial charge in [-0.3, -0.25) is 24.8 Å². The van der Waals surface area contributed by atoms with Crippen LogP contribution in [0.4, 0.5) is 5.69 Å². The maximum absolute atomic E-state index is 11.9. The maximum atomic E-state index is 11.9. The van der Waals surface area contributed by atoms with Crippen molar-refractivity contribution in [3.8, 4) is 0 Å². The molecule has 8 heteroatoms. The highest BCUT2D eigenvalue weighted by molar-refractivity contribution is 6.08. The Labute approximate surface area is 132 Å². The summed E-state index contributed by atoms with van der Waals surface area (Å²) in [5.74, 6) is -2.86. The number of hydrogen-bond donors (Lipinski definition) is 2. The lowest BCUT2D eigenvalue weighted by molar-refractivity contribution is -0.134. The molecular formula is C15H17N3O5. The maximum Gasteiger partial charge on any atom is 0.338 e. The third-order valence-electron chi connectivity index (χ3n) is 3.29. The van der Waals surface area contributed by atoms with Crippen molar-refractivity contribution in [2.45, 2.75) is 13.3 Å². The standard InChI is InChI=1S/C15H17N3O5/c1-3-23-15(22)9-4-6-10(7-5-9)16-12(19)8-11-13(20)17-18(2)14(11)21/h4-7,11H,3,8H2,1-2H3,(H,16,19)(H,17,20). The Balaban J connectivity index is 1.94. The highest BCUT2D eigenvalue weighted by atomic mass is 16.5. The Hall–Kier alpha value is -2.90. The summed E-state index contributed by atoms with van der Waals surface area (Å²) in [7, 11) is 1.42. The lowest BCUT2D eigenvalue weighted by Gasteiger charge is -2.08. The van der Waals surface area contributed by atoms with Crippen LogP contribution in [0.1, 0.15) is 23.7 Å². The fourth-order valence-corrected chi connectivity index (χ4v) is 2.13. The third-order valence-corrected chi connectivity index (χ3v) is 3.29. The first kappa shape index (κ1) is 16.5. The molecule has 8 nitrogen and oxygen atoms in total. The van der Waals surface area contributed by atoms with Crippen molar-refractivity contribution in [2.75, 3.05) is 19.0 Å². The second kappa shape index (κ2) is 6.91. The number of ether oxygens (including phenoxy) is 1. The van der Waals surface area contributed by atoms with E-state index in [4.69, 9.17) is 4.74 Å². The van der Waals surface area contributed by atoms with Gasteiger partial charge in [0.1, 0.15) is 5.92 Å². The summed E-state index contributed by atoms with van der Waals surface area (Å²) in [6.07, 6.45) is -0.241. The van der Waals surface area contributed by atoms with E-state index in [1.165, 1.54) is 19.2 Å². The van der Waals surface area contributed by atoms with E-state index in [2.05, 4.69) is 10.7 Å². The van der Waals surface area contributed by atoms with Crippen molar-refractivity contribution in [1.82, 2.24) is 10.4 Å². The van der Waals surface area contributed by atoms with Crippen molar-refractivity contribution in [2.24, 2.45) is 5.92 Å². The lowest BCUT2D eigenvalue weighted by atomic mass is 10.0. The molecule has 1 heterocycles. The minimum Gasteiger partial charge on any atom is -0.462 e. The molecule has 0 saturated carbocycles. The van der Waals surface area contributed by atoms with E-state index in [9.17, 15) is 19.2 Å². The first-order valence-corrected chi connectivity index (χ1v) is 7.07. The predicted octanol–water partition coefficient (Wildman–Crippen LogP) is 0.311. The van der Waals surface area contributed by atoms with Crippen LogP contribution in [0.5, 0.6) is 0 Å². The summed E-state index contributed by atoms with van der Waals surface area (Å²) < 4.78 is 4.86. The van der Waals surface area contributed by atoms with Crippen LogP contribution in [0.25, 0.3) is 0 Å². The summed E-state index contributed by atoms with van der Waals surface area (Å²) in [6, 6.07) is 6.14. The van der Waals surface area contributed by atoms with Gasteiger partial charge in [-0.2, -0.15) is 0 Å². The molecule has 1 saturated heterocycles. The van der Waals surface area contributed by atoms with E-state index in [0.29, 0.717) is 11.3 Å². The zero-order valence-corrected chi connectivity index (χ0v) is 12.8. The van der Waals surface area contributed by atoms with Crippen LogP contribution in [0, 0.1) is 5.92 Å². The Kier molecular flexibility index (Phi) is 4.95. The van der Waals surface area contributed by atoms with Crippen LogP contribution in [-0.2, 0) is 19.1 Å². The van der Waals surface area contributed by atoms with Gasteiger partial charge in [0.05, 0.1) is 12.2 Å². The van der Waals surface area contributed by atoms with Crippen LogP contribution in [0.15, 0.2) is 24.3 Å². The quantitative estimate of drug-likeness (QED) is 0.600. The van der Waals surface area contributed by atoms with Gasteiger partial charge in [0.15, 0.2) is 0 Å². The monoisotopic (exact) mass is 319 g/mol. The number of hydrogen-bond acceptors (Lipinski definition) is 5. The number of amides is 3. The molecule has 2 rings (SSSR count). The molecule has 0 radical (unpaired) electrons. The summed E-state index contributed by atoms with van der Waals surface area (Å²) in [4.78, 5) is 46.7. The number of anilines is 1. The molecule has 3 amide bonds. The Morgan fingerprint density at radius 2 is 1.91 bits per heavy atom. The largest absolute Gasteiger partial charge is 0.462 e. The predicted molar refractivity (Wildman–Crippen MR) is 80.0 cm³/mol. The van der Waals surface area contributed by atoms with E-state index in [1.807, 2.05) is 0 Å². The lowest BCUT2D eigenvalue weighted by Crippen LogP contribution is -2.31. The highest BCUT2D eigenvalue weighted by Gasteiger charge is 2.38. The molecule has 1 aromatic rings. The average molecular weight is 319 g/mol. The van der Waals surface area contributed by atoms with Gasteiger partial charge in [-0.1, -0.05) is 0 Å². The van der Waals surface area contributed by atoms with Crippen LogP contribution >= 0.6 is 0 Å². The average Bonchev–Trinajstić information content (AvgIpc) is 2.74. The summed E-state index contributed by atoms with van der Waals surface area (Å²) >= 11 is 0. The minimum absolute atomic E-state index is 0.241. The van der Waals surface area contributed by atoms with E-state index >= 15 is 0 Å². The van der Waals surface area contributed by atoms with Gasteiger partial charge >= 0.3 is 5.97 Å². The van der Waals surface area contributed by atoms with Gasteiger partial charge in [0.25, 0.3) is 11.8 Å². The van der Waals surface area contributed by atoms with Gasteiger partial charge in [-0.25, -0.2) is 4.79 Å². The molecule has 2 N–H and O–H groups in total. The molecule has 23 heavy (non-hydrogen) atoms. The number of carbonyl (C=O) groups excluding carboxylic acids is 4. The van der Waals surface area contributed by atoms with Crippen LogP contribution in [0.2, 0.25) is 0 Å². The van der Waals surface area contributed by atoms with Crippen LogP contribution in [0.3, 0.4) is 0 Å². The number of benzene rings is 1. The van der Waals surface area contributed by atoms with Crippen molar-refractivity contribution < 1.29 is 23.9 Å². The van der Waals surface area contributed by atoms with Gasteiger partial charge in [0, 0.05) is 19.2 Å². The molecular weight excluding hydrogens is 302 g/mol. The summed E-state index contributed by atoms with van der Waals surface area (Å²) in [5, 5.41) is 3.65. The third kappa shape index (κ3) is 3.85. The SMILES string of the molecule is CCOC(=O)c1ccc(NC(=O)CC2C(=O)NN(C)C2=O)cc1. The minimum atomic E-state index is -1.01. The summed E-state index contributed by atoms with van der Waals surface area (Å²) in [5.41, 5.74) is 3.16.